The second kappa shape index (κ2) is 7.23. The molecule has 0 atom stereocenters. The van der Waals surface area contributed by atoms with E-state index in [-0.39, 0.29) is 5.84 Å². The fraction of sp³-hybridized carbons (Fsp3) is 0.267. The monoisotopic (exact) mass is 285 g/mol. The third-order valence-electron chi connectivity index (χ3n) is 3.11. The molecule has 0 amide bonds. The molecule has 21 heavy (non-hydrogen) atoms. The molecular formula is C15H19N5O. The Kier molecular flexibility index (Phi) is 5.09. The number of aryl methyl sites for hydroxylation is 1. The summed E-state index contributed by atoms with van der Waals surface area (Å²) < 4.78 is 0. The van der Waals surface area contributed by atoms with Gasteiger partial charge in [-0.3, -0.25) is 9.97 Å². The topological polar surface area (TPSA) is 87.6 Å². The van der Waals surface area contributed by atoms with E-state index in [1.165, 1.54) is 0 Å². The molecule has 0 saturated heterocycles. The van der Waals surface area contributed by atoms with E-state index in [1.54, 1.807) is 12.4 Å². The highest BCUT2D eigenvalue weighted by Crippen LogP contribution is 2.17. The molecule has 0 aromatic carbocycles. The number of anilines is 1. The van der Waals surface area contributed by atoms with E-state index >= 15 is 0 Å². The molecule has 0 aliphatic carbocycles. The quantitative estimate of drug-likeness (QED) is 0.366. The van der Waals surface area contributed by atoms with Gasteiger partial charge in [-0.1, -0.05) is 11.2 Å². The standard InChI is InChI=1S/C15H19N5O/c1-12-9-14(4-7-18-12)20(8-5-15(16)19-21)11-13-3-2-6-17-10-13/h2-4,6-7,9-10,21H,5,8,11H2,1H3,(H2,16,19). The first-order valence-corrected chi connectivity index (χ1v) is 6.72. The van der Waals surface area contributed by atoms with Crippen LogP contribution in [0, 0.1) is 6.92 Å². The second-order valence-corrected chi connectivity index (χ2v) is 4.78. The number of pyridine rings is 2. The predicted octanol–water partition coefficient (Wildman–Crippen LogP) is 1.93. The number of rotatable bonds is 6. The second-order valence-electron chi connectivity index (χ2n) is 4.78. The van der Waals surface area contributed by atoms with E-state index in [0.717, 1.165) is 16.9 Å². The Hall–Kier alpha value is -2.63. The van der Waals surface area contributed by atoms with Crippen LogP contribution >= 0.6 is 0 Å². The van der Waals surface area contributed by atoms with Crippen LogP contribution in [0.3, 0.4) is 0 Å². The van der Waals surface area contributed by atoms with Crippen LogP contribution in [0.2, 0.25) is 0 Å². The van der Waals surface area contributed by atoms with Crippen molar-refractivity contribution in [3.05, 3.63) is 54.1 Å². The maximum Gasteiger partial charge on any atom is 0.140 e. The SMILES string of the molecule is Cc1cc(N(CC/C(N)=N/O)Cc2cccnc2)ccn1. The summed E-state index contributed by atoms with van der Waals surface area (Å²) in [6.07, 6.45) is 5.86. The van der Waals surface area contributed by atoms with E-state index < -0.39 is 0 Å². The van der Waals surface area contributed by atoms with Crippen molar-refractivity contribution in [2.24, 2.45) is 10.9 Å². The molecule has 2 aromatic heterocycles. The zero-order valence-corrected chi connectivity index (χ0v) is 12.0. The van der Waals surface area contributed by atoms with Crippen molar-refractivity contribution in [3.8, 4) is 0 Å². The summed E-state index contributed by atoms with van der Waals surface area (Å²) in [6.45, 7) is 3.31. The molecule has 0 saturated carbocycles. The zero-order valence-electron chi connectivity index (χ0n) is 12.0. The molecule has 0 fully saturated rings. The molecule has 2 aromatic rings. The molecule has 6 heteroatoms. The van der Waals surface area contributed by atoms with Gasteiger partial charge in [0.25, 0.3) is 0 Å². The van der Waals surface area contributed by atoms with Gasteiger partial charge in [-0.25, -0.2) is 0 Å². The first kappa shape index (κ1) is 14.8. The lowest BCUT2D eigenvalue weighted by Gasteiger charge is -2.25. The molecule has 2 rings (SSSR count). The Bertz CT molecular complexity index is 600. The van der Waals surface area contributed by atoms with Gasteiger partial charge in [-0.2, -0.15) is 0 Å². The van der Waals surface area contributed by atoms with E-state index in [2.05, 4.69) is 20.0 Å². The summed E-state index contributed by atoms with van der Waals surface area (Å²) in [5.74, 6) is 0.219. The van der Waals surface area contributed by atoms with Crippen LogP contribution in [0.5, 0.6) is 0 Å². The van der Waals surface area contributed by atoms with Gasteiger partial charge in [0.05, 0.1) is 0 Å². The fourth-order valence-corrected chi connectivity index (χ4v) is 2.04. The summed E-state index contributed by atoms with van der Waals surface area (Å²) in [5.41, 5.74) is 8.68. The van der Waals surface area contributed by atoms with Crippen LogP contribution in [-0.4, -0.2) is 27.6 Å². The van der Waals surface area contributed by atoms with E-state index in [4.69, 9.17) is 10.9 Å². The highest BCUT2D eigenvalue weighted by molar-refractivity contribution is 5.80. The molecule has 6 nitrogen and oxygen atoms in total. The Labute approximate surface area is 123 Å². The molecule has 0 spiro atoms. The van der Waals surface area contributed by atoms with Crippen LogP contribution in [-0.2, 0) is 6.54 Å². The first-order chi connectivity index (χ1) is 10.2. The average Bonchev–Trinajstić information content (AvgIpc) is 2.52. The minimum Gasteiger partial charge on any atom is -0.409 e. The van der Waals surface area contributed by atoms with Crippen LogP contribution in [0.25, 0.3) is 0 Å². The van der Waals surface area contributed by atoms with E-state index in [9.17, 15) is 0 Å². The van der Waals surface area contributed by atoms with Crippen LogP contribution in [0.4, 0.5) is 5.69 Å². The van der Waals surface area contributed by atoms with Gasteiger partial charge in [0.2, 0.25) is 0 Å². The third kappa shape index (κ3) is 4.45. The molecule has 110 valence electrons. The van der Waals surface area contributed by atoms with Gasteiger partial charge < -0.3 is 15.8 Å². The molecule has 0 aliphatic heterocycles. The Balaban J connectivity index is 2.17. The highest BCUT2D eigenvalue weighted by atomic mass is 16.4. The average molecular weight is 285 g/mol. The van der Waals surface area contributed by atoms with E-state index in [1.807, 2.05) is 37.4 Å². The fourth-order valence-electron chi connectivity index (χ4n) is 2.04. The lowest BCUT2D eigenvalue weighted by Crippen LogP contribution is -2.28. The van der Waals surface area contributed by atoms with E-state index in [0.29, 0.717) is 19.5 Å². The Morgan fingerprint density at radius 3 is 2.90 bits per heavy atom. The highest BCUT2D eigenvalue weighted by Gasteiger charge is 2.09. The Morgan fingerprint density at radius 1 is 1.38 bits per heavy atom. The number of aromatic nitrogens is 2. The third-order valence-corrected chi connectivity index (χ3v) is 3.11. The molecule has 3 N–H and O–H groups in total. The molecular weight excluding hydrogens is 266 g/mol. The van der Waals surface area contributed by atoms with Crippen molar-refractivity contribution >= 4 is 11.5 Å². The Morgan fingerprint density at radius 2 is 2.24 bits per heavy atom. The van der Waals surface area contributed by atoms with Crippen molar-refractivity contribution in [1.29, 1.82) is 0 Å². The lowest BCUT2D eigenvalue weighted by atomic mass is 10.2. The van der Waals surface area contributed by atoms with Gasteiger partial charge in [0.1, 0.15) is 5.84 Å². The van der Waals surface area contributed by atoms with Crippen LogP contribution < -0.4 is 10.6 Å². The van der Waals surface area contributed by atoms with Crippen molar-refractivity contribution in [2.75, 3.05) is 11.4 Å². The largest absolute Gasteiger partial charge is 0.409 e. The van der Waals surface area contributed by atoms with Crippen molar-refractivity contribution in [3.63, 3.8) is 0 Å². The van der Waals surface area contributed by atoms with Crippen molar-refractivity contribution in [2.45, 2.75) is 19.9 Å². The van der Waals surface area contributed by atoms with Crippen molar-refractivity contribution in [1.82, 2.24) is 9.97 Å². The number of oxime groups is 1. The van der Waals surface area contributed by atoms with Crippen molar-refractivity contribution < 1.29 is 5.21 Å². The number of hydrogen-bond acceptors (Lipinski definition) is 5. The van der Waals surface area contributed by atoms with Gasteiger partial charge >= 0.3 is 0 Å². The zero-order chi connectivity index (χ0) is 15.1. The predicted molar refractivity (Wildman–Crippen MR) is 82.3 cm³/mol. The molecule has 0 aliphatic rings. The first-order valence-electron chi connectivity index (χ1n) is 6.72. The maximum atomic E-state index is 8.68. The normalized spacial score (nSPS) is 11.4. The number of hydrogen-bond donors (Lipinski definition) is 2. The summed E-state index contributed by atoms with van der Waals surface area (Å²) in [7, 11) is 0. The van der Waals surface area contributed by atoms with Crippen LogP contribution in [0.1, 0.15) is 17.7 Å². The van der Waals surface area contributed by atoms with Gasteiger partial charge in [-0.15, -0.1) is 0 Å². The molecule has 0 unspecified atom stereocenters. The minimum absolute atomic E-state index is 0.219. The smallest absolute Gasteiger partial charge is 0.140 e. The lowest BCUT2D eigenvalue weighted by molar-refractivity contribution is 0.317. The number of nitrogens with zero attached hydrogens (tertiary/aromatic N) is 4. The summed E-state index contributed by atoms with van der Waals surface area (Å²) in [6, 6.07) is 7.91. The maximum absolute atomic E-state index is 8.68. The molecule has 0 bridgehead atoms. The summed E-state index contributed by atoms with van der Waals surface area (Å²) in [4.78, 5) is 10.5. The summed E-state index contributed by atoms with van der Waals surface area (Å²) in [5, 5.41) is 11.7. The van der Waals surface area contributed by atoms with Gasteiger partial charge in [0, 0.05) is 49.5 Å². The molecule has 0 radical (unpaired) electrons. The van der Waals surface area contributed by atoms with Gasteiger partial charge in [-0.05, 0) is 30.7 Å². The molecule has 2 heterocycles. The van der Waals surface area contributed by atoms with Gasteiger partial charge in [0.15, 0.2) is 0 Å². The summed E-state index contributed by atoms with van der Waals surface area (Å²) >= 11 is 0. The number of amidine groups is 1. The number of nitrogens with two attached hydrogens (primary N) is 1. The van der Waals surface area contributed by atoms with Crippen LogP contribution in [0.15, 0.2) is 48.0 Å². The minimum atomic E-state index is 0.219.